The Morgan fingerprint density at radius 3 is 2.81 bits per heavy atom. The Labute approximate surface area is 99.5 Å². The number of ether oxygens (including phenoxy) is 2. The van der Waals surface area contributed by atoms with Crippen molar-refractivity contribution >= 4 is 11.8 Å². The molecule has 1 aromatic rings. The molecule has 0 spiro atoms. The van der Waals surface area contributed by atoms with E-state index < -0.39 is 0 Å². The molecular formula is C12H15NO2S. The normalized spacial score (nSPS) is 28.1. The minimum atomic E-state index is 0.394. The molecule has 2 heterocycles. The fourth-order valence-corrected chi connectivity index (χ4v) is 3.26. The summed E-state index contributed by atoms with van der Waals surface area (Å²) in [6, 6.07) is 6.81. The Balaban J connectivity index is 1.85. The quantitative estimate of drug-likeness (QED) is 0.811. The average molecular weight is 237 g/mol. The maximum atomic E-state index is 5.59. The summed E-state index contributed by atoms with van der Waals surface area (Å²) in [4.78, 5) is 0. The molecule has 0 aliphatic carbocycles. The van der Waals surface area contributed by atoms with E-state index in [1.54, 1.807) is 0 Å². The van der Waals surface area contributed by atoms with Crippen molar-refractivity contribution in [1.82, 2.24) is 5.32 Å². The fourth-order valence-electron chi connectivity index (χ4n) is 2.01. The van der Waals surface area contributed by atoms with Crippen LogP contribution < -0.4 is 14.8 Å². The highest BCUT2D eigenvalue weighted by Gasteiger charge is 2.23. The fraction of sp³-hybridized carbons (Fsp3) is 0.500. The van der Waals surface area contributed by atoms with Crippen LogP contribution in [0.1, 0.15) is 17.9 Å². The van der Waals surface area contributed by atoms with E-state index in [9.17, 15) is 0 Å². The lowest BCUT2D eigenvalue weighted by molar-refractivity contribution is 0.171. The van der Waals surface area contributed by atoms with Crippen molar-refractivity contribution in [1.29, 1.82) is 0 Å². The van der Waals surface area contributed by atoms with E-state index >= 15 is 0 Å². The predicted molar refractivity (Wildman–Crippen MR) is 65.2 cm³/mol. The van der Waals surface area contributed by atoms with Crippen molar-refractivity contribution in [3.8, 4) is 11.5 Å². The van der Waals surface area contributed by atoms with Crippen LogP contribution in [-0.2, 0) is 0 Å². The van der Waals surface area contributed by atoms with E-state index in [0.29, 0.717) is 24.6 Å². The van der Waals surface area contributed by atoms with Crippen LogP contribution in [0.15, 0.2) is 18.2 Å². The van der Waals surface area contributed by atoms with Crippen LogP contribution in [0.4, 0.5) is 0 Å². The highest BCUT2D eigenvalue weighted by atomic mass is 32.2. The number of fused-ring (bicyclic) bond motifs is 1. The van der Waals surface area contributed by atoms with E-state index in [2.05, 4.69) is 24.4 Å². The number of benzene rings is 1. The van der Waals surface area contributed by atoms with E-state index in [-0.39, 0.29) is 0 Å². The first-order valence-electron chi connectivity index (χ1n) is 5.60. The molecule has 0 radical (unpaired) electrons. The first-order valence-corrected chi connectivity index (χ1v) is 6.65. The van der Waals surface area contributed by atoms with Crippen LogP contribution in [-0.4, -0.2) is 25.0 Å². The van der Waals surface area contributed by atoms with E-state index in [1.165, 1.54) is 11.3 Å². The van der Waals surface area contributed by atoms with Gasteiger partial charge in [-0.05, 0) is 24.6 Å². The lowest BCUT2D eigenvalue weighted by Gasteiger charge is -2.20. The number of hydrogen-bond donors (Lipinski definition) is 1. The molecule has 0 saturated carbocycles. The van der Waals surface area contributed by atoms with Crippen molar-refractivity contribution in [2.75, 3.05) is 19.0 Å². The lowest BCUT2D eigenvalue weighted by Crippen LogP contribution is -2.22. The summed E-state index contributed by atoms with van der Waals surface area (Å²) in [6.45, 7) is 3.52. The minimum Gasteiger partial charge on any atom is -0.486 e. The molecule has 0 amide bonds. The molecule has 3 nitrogen and oxygen atoms in total. The molecule has 2 aliphatic heterocycles. The van der Waals surface area contributed by atoms with Gasteiger partial charge in [-0.1, -0.05) is 6.07 Å². The maximum Gasteiger partial charge on any atom is 0.161 e. The van der Waals surface area contributed by atoms with Gasteiger partial charge in [-0.25, -0.2) is 0 Å². The molecule has 3 rings (SSSR count). The molecule has 2 unspecified atom stereocenters. The van der Waals surface area contributed by atoms with Gasteiger partial charge < -0.3 is 9.47 Å². The molecule has 1 saturated heterocycles. The second kappa shape index (κ2) is 4.18. The van der Waals surface area contributed by atoms with E-state index in [1.807, 2.05) is 17.8 Å². The summed E-state index contributed by atoms with van der Waals surface area (Å²) in [5.74, 6) is 2.91. The van der Waals surface area contributed by atoms with Gasteiger partial charge in [0.25, 0.3) is 0 Å². The second-order valence-electron chi connectivity index (χ2n) is 4.18. The van der Waals surface area contributed by atoms with Gasteiger partial charge >= 0.3 is 0 Å². The number of rotatable bonds is 1. The molecule has 1 N–H and O–H groups in total. The summed E-state index contributed by atoms with van der Waals surface area (Å²) in [6.07, 6.45) is 0. The molecule has 86 valence electrons. The highest BCUT2D eigenvalue weighted by molar-refractivity contribution is 7.99. The summed E-state index contributed by atoms with van der Waals surface area (Å²) in [5.41, 5.74) is 1.28. The SMILES string of the molecule is CC1CSC(c2ccc3c(c2)OCCO3)N1. The largest absolute Gasteiger partial charge is 0.486 e. The first kappa shape index (κ1) is 10.3. The van der Waals surface area contributed by atoms with Crippen LogP contribution in [0, 0.1) is 0 Å². The highest BCUT2D eigenvalue weighted by Crippen LogP contribution is 2.38. The Morgan fingerprint density at radius 2 is 2.06 bits per heavy atom. The van der Waals surface area contributed by atoms with Crippen molar-refractivity contribution in [2.45, 2.75) is 18.3 Å². The van der Waals surface area contributed by atoms with Gasteiger partial charge in [0.05, 0.1) is 5.37 Å². The zero-order valence-electron chi connectivity index (χ0n) is 9.23. The molecule has 2 atom stereocenters. The Kier molecular flexibility index (Phi) is 2.69. The van der Waals surface area contributed by atoms with Gasteiger partial charge in [-0.15, -0.1) is 11.8 Å². The van der Waals surface area contributed by atoms with Gasteiger partial charge in [0.1, 0.15) is 13.2 Å². The third-order valence-electron chi connectivity index (χ3n) is 2.82. The van der Waals surface area contributed by atoms with Gasteiger partial charge in [0.2, 0.25) is 0 Å². The van der Waals surface area contributed by atoms with Crippen molar-refractivity contribution in [3.63, 3.8) is 0 Å². The average Bonchev–Trinajstić information content (AvgIpc) is 2.75. The van der Waals surface area contributed by atoms with Crippen molar-refractivity contribution < 1.29 is 9.47 Å². The second-order valence-corrected chi connectivity index (χ2v) is 5.32. The van der Waals surface area contributed by atoms with Gasteiger partial charge in [0, 0.05) is 11.8 Å². The molecule has 1 aromatic carbocycles. The van der Waals surface area contributed by atoms with Crippen molar-refractivity contribution in [3.05, 3.63) is 23.8 Å². The standard InChI is InChI=1S/C12H15NO2S/c1-8-7-16-12(13-8)9-2-3-10-11(6-9)15-5-4-14-10/h2-3,6,8,12-13H,4-5,7H2,1H3. The summed E-state index contributed by atoms with van der Waals surface area (Å²) < 4.78 is 11.1. The zero-order valence-corrected chi connectivity index (χ0v) is 10.0. The van der Waals surface area contributed by atoms with Crippen LogP contribution in [0.2, 0.25) is 0 Å². The molecule has 4 heteroatoms. The van der Waals surface area contributed by atoms with Gasteiger partial charge in [0.15, 0.2) is 11.5 Å². The summed E-state index contributed by atoms with van der Waals surface area (Å²) >= 11 is 1.95. The first-order chi connectivity index (χ1) is 7.83. The summed E-state index contributed by atoms with van der Waals surface area (Å²) in [7, 11) is 0. The monoisotopic (exact) mass is 237 g/mol. The molecule has 0 bridgehead atoms. The molecule has 2 aliphatic rings. The lowest BCUT2D eigenvalue weighted by atomic mass is 10.2. The Bertz CT molecular complexity index is 397. The number of nitrogens with one attached hydrogen (secondary N) is 1. The maximum absolute atomic E-state index is 5.59. The van der Waals surface area contributed by atoms with E-state index in [4.69, 9.17) is 9.47 Å². The molecular weight excluding hydrogens is 222 g/mol. The zero-order chi connectivity index (χ0) is 11.0. The topological polar surface area (TPSA) is 30.5 Å². The molecule has 16 heavy (non-hydrogen) atoms. The minimum absolute atomic E-state index is 0.394. The molecule has 0 aromatic heterocycles. The summed E-state index contributed by atoms with van der Waals surface area (Å²) in [5, 5.41) is 3.94. The Morgan fingerprint density at radius 1 is 1.25 bits per heavy atom. The third-order valence-corrected chi connectivity index (χ3v) is 4.25. The van der Waals surface area contributed by atoms with E-state index in [0.717, 1.165) is 11.5 Å². The predicted octanol–water partition coefficient (Wildman–Crippen LogP) is 2.18. The van der Waals surface area contributed by atoms with Crippen LogP contribution in [0.25, 0.3) is 0 Å². The molecule has 1 fully saturated rings. The van der Waals surface area contributed by atoms with Crippen LogP contribution >= 0.6 is 11.8 Å². The van der Waals surface area contributed by atoms with Crippen molar-refractivity contribution in [2.24, 2.45) is 0 Å². The van der Waals surface area contributed by atoms with Crippen LogP contribution in [0.5, 0.6) is 11.5 Å². The smallest absolute Gasteiger partial charge is 0.161 e. The number of hydrogen-bond acceptors (Lipinski definition) is 4. The Hall–Kier alpha value is -0.870. The van der Waals surface area contributed by atoms with Gasteiger partial charge in [-0.3, -0.25) is 5.32 Å². The third kappa shape index (κ3) is 1.87. The van der Waals surface area contributed by atoms with Gasteiger partial charge in [-0.2, -0.15) is 0 Å². The number of thioether (sulfide) groups is 1. The van der Waals surface area contributed by atoms with Crippen LogP contribution in [0.3, 0.4) is 0 Å².